The summed E-state index contributed by atoms with van der Waals surface area (Å²) in [7, 11) is 0. The third kappa shape index (κ3) is 3.20. The molecule has 1 heterocycles. The van der Waals surface area contributed by atoms with Gasteiger partial charge >= 0.3 is 0 Å². The van der Waals surface area contributed by atoms with E-state index >= 15 is 0 Å². The van der Waals surface area contributed by atoms with Crippen LogP contribution in [0.5, 0.6) is 0 Å². The topological polar surface area (TPSA) is 38.0 Å². The largest absolute Gasteiger partial charge is 0.271 e. The number of rotatable bonds is 5. The van der Waals surface area contributed by atoms with Crippen molar-refractivity contribution in [1.82, 2.24) is 5.43 Å². The van der Waals surface area contributed by atoms with Gasteiger partial charge in [-0.3, -0.25) is 5.84 Å². The van der Waals surface area contributed by atoms with Crippen molar-refractivity contribution >= 4 is 27.3 Å². The Morgan fingerprint density at radius 1 is 1.22 bits per heavy atom. The second kappa shape index (κ2) is 6.48. The van der Waals surface area contributed by atoms with E-state index in [4.69, 9.17) is 5.84 Å². The summed E-state index contributed by atoms with van der Waals surface area (Å²) in [5.74, 6) is 5.68. The molecule has 0 bridgehead atoms. The average molecular weight is 325 g/mol. The fourth-order valence-corrected chi connectivity index (χ4v) is 3.50. The van der Waals surface area contributed by atoms with Crippen molar-refractivity contribution in [2.24, 2.45) is 5.84 Å². The zero-order valence-corrected chi connectivity index (χ0v) is 12.7. The Morgan fingerprint density at radius 3 is 2.44 bits per heavy atom. The number of nitrogens with one attached hydrogen (secondary N) is 1. The first-order valence-electron chi connectivity index (χ1n) is 6.04. The minimum absolute atomic E-state index is 0.0666. The fourth-order valence-electron chi connectivity index (χ4n) is 1.99. The van der Waals surface area contributed by atoms with Crippen LogP contribution < -0.4 is 11.3 Å². The first-order chi connectivity index (χ1) is 8.74. The van der Waals surface area contributed by atoms with Crippen molar-refractivity contribution in [3.8, 4) is 0 Å². The van der Waals surface area contributed by atoms with E-state index in [0.29, 0.717) is 0 Å². The molecule has 3 N–H and O–H groups in total. The highest BCUT2D eigenvalue weighted by atomic mass is 79.9. The van der Waals surface area contributed by atoms with E-state index in [1.54, 1.807) is 11.3 Å². The Bertz CT molecular complexity index is 493. The minimum Gasteiger partial charge on any atom is -0.271 e. The average Bonchev–Trinajstić information content (AvgIpc) is 2.79. The van der Waals surface area contributed by atoms with Gasteiger partial charge in [0.1, 0.15) is 0 Å². The number of halogens is 1. The molecule has 0 radical (unpaired) electrons. The molecule has 1 atom stereocenters. The molecule has 18 heavy (non-hydrogen) atoms. The summed E-state index contributed by atoms with van der Waals surface area (Å²) in [4.78, 5) is 1.22. The number of aryl methyl sites for hydroxylation is 1. The summed E-state index contributed by atoms with van der Waals surface area (Å²) in [5, 5.41) is 0. The number of hydrogen-bond acceptors (Lipinski definition) is 3. The van der Waals surface area contributed by atoms with E-state index in [1.165, 1.54) is 22.4 Å². The monoisotopic (exact) mass is 324 g/mol. The first-order valence-corrected chi connectivity index (χ1v) is 7.65. The molecule has 0 aliphatic rings. The maximum absolute atomic E-state index is 5.68. The molecule has 4 heteroatoms. The van der Waals surface area contributed by atoms with Crippen LogP contribution in [0.4, 0.5) is 0 Å². The second-order valence-corrected chi connectivity index (χ2v) is 6.73. The Hall–Kier alpha value is -0.680. The maximum atomic E-state index is 5.68. The van der Waals surface area contributed by atoms with Crippen LogP contribution in [0.2, 0.25) is 0 Å². The SMILES string of the molecule is CCCc1ccc(C(NN)c2ccc(Br)s2)cc1. The molecule has 96 valence electrons. The molecular weight excluding hydrogens is 308 g/mol. The third-order valence-corrected chi connectivity index (χ3v) is 4.59. The van der Waals surface area contributed by atoms with E-state index in [0.717, 1.165) is 10.2 Å². The molecule has 1 unspecified atom stereocenters. The minimum atomic E-state index is 0.0666. The lowest BCUT2D eigenvalue weighted by molar-refractivity contribution is 0.646. The summed E-state index contributed by atoms with van der Waals surface area (Å²) < 4.78 is 1.13. The molecule has 0 aliphatic carbocycles. The first kappa shape index (κ1) is 13.7. The van der Waals surface area contributed by atoms with Gasteiger partial charge in [0.2, 0.25) is 0 Å². The van der Waals surface area contributed by atoms with Crippen molar-refractivity contribution in [1.29, 1.82) is 0 Å². The molecule has 1 aromatic heterocycles. The van der Waals surface area contributed by atoms with Gasteiger partial charge < -0.3 is 0 Å². The van der Waals surface area contributed by atoms with E-state index in [9.17, 15) is 0 Å². The van der Waals surface area contributed by atoms with Gasteiger partial charge in [-0.15, -0.1) is 11.3 Å². The number of thiophene rings is 1. The number of nitrogens with two attached hydrogens (primary N) is 1. The van der Waals surface area contributed by atoms with Gasteiger partial charge in [0.15, 0.2) is 0 Å². The Kier molecular flexibility index (Phi) is 4.95. The van der Waals surface area contributed by atoms with Crippen molar-refractivity contribution in [2.75, 3.05) is 0 Å². The molecule has 0 fully saturated rings. The Labute approximate surface area is 120 Å². The van der Waals surface area contributed by atoms with Crippen LogP contribution in [-0.2, 0) is 6.42 Å². The quantitative estimate of drug-likeness (QED) is 0.644. The summed E-state index contributed by atoms with van der Waals surface area (Å²) in [5.41, 5.74) is 5.47. The summed E-state index contributed by atoms with van der Waals surface area (Å²) in [6.07, 6.45) is 2.31. The smallest absolute Gasteiger partial charge is 0.0802 e. The van der Waals surface area contributed by atoms with Crippen molar-refractivity contribution < 1.29 is 0 Å². The highest BCUT2D eigenvalue weighted by Gasteiger charge is 2.14. The lowest BCUT2D eigenvalue weighted by Crippen LogP contribution is -2.28. The van der Waals surface area contributed by atoms with Gasteiger partial charge in [0, 0.05) is 4.88 Å². The Balaban J connectivity index is 2.22. The maximum Gasteiger partial charge on any atom is 0.0802 e. The van der Waals surface area contributed by atoms with Crippen molar-refractivity contribution in [3.63, 3.8) is 0 Å². The molecule has 0 spiro atoms. The van der Waals surface area contributed by atoms with Crippen molar-refractivity contribution in [2.45, 2.75) is 25.8 Å². The predicted octanol–water partition coefficient (Wildman–Crippen LogP) is 4.02. The predicted molar refractivity (Wildman–Crippen MR) is 81.6 cm³/mol. The van der Waals surface area contributed by atoms with Gasteiger partial charge in [0.25, 0.3) is 0 Å². The molecule has 2 rings (SSSR count). The Morgan fingerprint density at radius 2 is 1.94 bits per heavy atom. The van der Waals surface area contributed by atoms with E-state index in [2.05, 4.69) is 64.7 Å². The molecule has 2 nitrogen and oxygen atoms in total. The molecule has 0 saturated heterocycles. The normalized spacial score (nSPS) is 12.6. The van der Waals surface area contributed by atoms with E-state index in [1.807, 2.05) is 0 Å². The third-order valence-electron chi connectivity index (χ3n) is 2.90. The van der Waals surface area contributed by atoms with Crippen LogP contribution in [0.3, 0.4) is 0 Å². The number of hydrazine groups is 1. The van der Waals surface area contributed by atoms with E-state index < -0.39 is 0 Å². The van der Waals surface area contributed by atoms with Crippen LogP contribution in [0, 0.1) is 0 Å². The van der Waals surface area contributed by atoms with Gasteiger partial charge in [-0.2, -0.15) is 0 Å². The number of benzene rings is 1. The van der Waals surface area contributed by atoms with Crippen LogP contribution in [-0.4, -0.2) is 0 Å². The van der Waals surface area contributed by atoms with Gasteiger partial charge in [-0.05, 0) is 45.6 Å². The summed E-state index contributed by atoms with van der Waals surface area (Å²) in [6.45, 7) is 2.20. The number of hydrogen-bond donors (Lipinski definition) is 2. The summed E-state index contributed by atoms with van der Waals surface area (Å²) in [6, 6.07) is 12.9. The molecule has 0 aliphatic heterocycles. The second-order valence-electron chi connectivity index (χ2n) is 4.23. The van der Waals surface area contributed by atoms with Crippen LogP contribution >= 0.6 is 27.3 Å². The fraction of sp³-hybridized carbons (Fsp3) is 0.286. The van der Waals surface area contributed by atoms with Gasteiger partial charge in [-0.25, -0.2) is 5.43 Å². The molecule has 2 aromatic rings. The zero-order chi connectivity index (χ0) is 13.0. The van der Waals surface area contributed by atoms with Crippen LogP contribution in [0.25, 0.3) is 0 Å². The van der Waals surface area contributed by atoms with E-state index in [-0.39, 0.29) is 6.04 Å². The van der Waals surface area contributed by atoms with Crippen LogP contribution in [0.1, 0.15) is 35.4 Å². The van der Waals surface area contributed by atoms with Crippen molar-refractivity contribution in [3.05, 3.63) is 56.2 Å². The molecular formula is C14H17BrN2S. The highest BCUT2D eigenvalue weighted by Crippen LogP contribution is 2.30. The molecule has 0 amide bonds. The lowest BCUT2D eigenvalue weighted by Gasteiger charge is -2.15. The summed E-state index contributed by atoms with van der Waals surface area (Å²) >= 11 is 5.19. The standard InChI is InChI=1S/C14H17BrN2S/c1-2-3-10-4-6-11(7-5-10)14(17-16)12-8-9-13(15)18-12/h4-9,14,17H,2-3,16H2,1H3. The molecule has 0 saturated carbocycles. The van der Waals surface area contributed by atoms with Gasteiger partial charge in [-0.1, -0.05) is 37.6 Å². The van der Waals surface area contributed by atoms with Crippen LogP contribution in [0.15, 0.2) is 40.2 Å². The zero-order valence-electron chi connectivity index (χ0n) is 10.3. The van der Waals surface area contributed by atoms with Gasteiger partial charge in [0.05, 0.1) is 9.83 Å². The highest BCUT2D eigenvalue weighted by molar-refractivity contribution is 9.11. The lowest BCUT2D eigenvalue weighted by atomic mass is 10.0. The molecule has 1 aromatic carbocycles.